The van der Waals surface area contributed by atoms with Crippen LogP contribution in [0.3, 0.4) is 0 Å². The van der Waals surface area contributed by atoms with E-state index in [2.05, 4.69) is 0 Å². The fraction of sp³-hybridized carbons (Fsp3) is 1.00. The molecule has 2 unspecified atom stereocenters. The molecule has 0 saturated heterocycles. The monoisotopic (exact) mass is 156 g/mol. The molecule has 0 N–H and O–H groups in total. The first-order valence-electron chi connectivity index (χ1n) is 2.53. The van der Waals surface area contributed by atoms with Gasteiger partial charge in [-0.25, -0.2) is 0 Å². The lowest BCUT2D eigenvalue weighted by atomic mass is 10.3. The lowest BCUT2D eigenvalue weighted by Crippen LogP contribution is -1.97. The van der Waals surface area contributed by atoms with Crippen molar-refractivity contribution in [2.24, 2.45) is 0 Å². The number of hydrogen-bond acceptors (Lipinski definition) is 2. The largest absolute Gasteiger partial charge is 0.317 e. The maximum atomic E-state index is 10.1. The molecule has 0 heterocycles. The summed E-state index contributed by atoms with van der Waals surface area (Å²) in [4.78, 5) is 0. The van der Waals surface area contributed by atoms with Crippen LogP contribution in [0, 0.1) is 0 Å². The summed E-state index contributed by atoms with van der Waals surface area (Å²) in [5.74, 6) is 0. The molecule has 50 valence electrons. The Balaban J connectivity index is 3.24. The molecule has 0 spiro atoms. The van der Waals surface area contributed by atoms with Crippen molar-refractivity contribution in [2.45, 2.75) is 26.4 Å². The molecule has 0 aromatic heterocycles. The normalized spacial score (nSPS) is 17.9. The average Bonchev–Trinajstić information content (AvgIpc) is 1.65. The van der Waals surface area contributed by atoms with Crippen LogP contribution >= 0.6 is 18.6 Å². The van der Waals surface area contributed by atoms with Crippen molar-refractivity contribution in [1.29, 1.82) is 0 Å². The molecule has 0 bridgehead atoms. The summed E-state index contributed by atoms with van der Waals surface area (Å²) < 4.78 is 14.9. The van der Waals surface area contributed by atoms with Crippen LogP contribution in [0.5, 0.6) is 0 Å². The van der Waals surface area contributed by atoms with Crippen molar-refractivity contribution in [1.82, 2.24) is 0 Å². The van der Waals surface area contributed by atoms with Crippen molar-refractivity contribution >= 4 is 18.6 Å². The van der Waals surface area contributed by atoms with Gasteiger partial charge in [-0.1, -0.05) is 6.92 Å². The van der Waals surface area contributed by atoms with E-state index in [-0.39, 0.29) is 6.10 Å². The molecule has 0 amide bonds. The molecule has 0 aliphatic rings. The topological polar surface area (TPSA) is 26.3 Å². The molecule has 0 fully saturated rings. The summed E-state index contributed by atoms with van der Waals surface area (Å²) in [5.41, 5.74) is 0. The molecule has 0 aliphatic carbocycles. The molecule has 0 rings (SSSR count). The van der Waals surface area contributed by atoms with Gasteiger partial charge in [-0.2, -0.15) is 0 Å². The fourth-order valence-electron chi connectivity index (χ4n) is 0.242. The van der Waals surface area contributed by atoms with Crippen LogP contribution in [-0.4, -0.2) is 6.10 Å². The Morgan fingerprint density at radius 2 is 2.38 bits per heavy atom. The van der Waals surface area contributed by atoms with Crippen LogP contribution in [0.25, 0.3) is 0 Å². The van der Waals surface area contributed by atoms with Crippen molar-refractivity contribution in [3.05, 3.63) is 0 Å². The summed E-state index contributed by atoms with van der Waals surface area (Å²) in [7, 11) is -2.22. The third-order valence-corrected chi connectivity index (χ3v) is 1.72. The summed E-state index contributed by atoms with van der Waals surface area (Å²) >= 11 is 5.08. The minimum absolute atomic E-state index is 0.0267. The van der Waals surface area contributed by atoms with Crippen LogP contribution < -0.4 is 0 Å². The zero-order valence-corrected chi connectivity index (χ0v) is 6.73. The maximum absolute atomic E-state index is 10.1. The number of hydrogen-bond donors (Lipinski definition) is 0. The second-order valence-electron chi connectivity index (χ2n) is 1.57. The van der Waals surface area contributed by atoms with Crippen molar-refractivity contribution in [3.8, 4) is 0 Å². The van der Waals surface area contributed by atoms with E-state index in [1.165, 1.54) is 0 Å². The highest BCUT2D eigenvalue weighted by Crippen LogP contribution is 2.30. The second kappa shape index (κ2) is 4.37. The zero-order chi connectivity index (χ0) is 6.57. The van der Waals surface area contributed by atoms with Gasteiger partial charge >= 0.3 is 0 Å². The van der Waals surface area contributed by atoms with Gasteiger partial charge in [0.15, 0.2) is 0 Å². The third-order valence-electron chi connectivity index (χ3n) is 0.869. The summed E-state index contributed by atoms with van der Waals surface area (Å²) in [6, 6.07) is 0. The lowest BCUT2D eigenvalue weighted by Gasteiger charge is -2.04. The molecule has 2 nitrogen and oxygen atoms in total. The number of rotatable bonds is 3. The zero-order valence-electron chi connectivity index (χ0n) is 4.98. The van der Waals surface area contributed by atoms with Gasteiger partial charge in [0, 0.05) is 0 Å². The molecule has 0 aromatic rings. The van der Waals surface area contributed by atoms with E-state index in [9.17, 15) is 4.57 Å². The Kier molecular flexibility index (Phi) is 4.63. The SMILES string of the molecule is CCC(C)O[PH](=O)Cl. The predicted octanol–water partition coefficient (Wildman–Crippen LogP) is 2.43. The van der Waals surface area contributed by atoms with Gasteiger partial charge in [-0.15, -0.1) is 0 Å². The molecule has 0 radical (unpaired) electrons. The Labute approximate surface area is 54.8 Å². The van der Waals surface area contributed by atoms with Gasteiger partial charge in [0.25, 0.3) is 7.38 Å². The summed E-state index contributed by atoms with van der Waals surface area (Å²) in [6.45, 7) is 3.79. The molecule has 8 heavy (non-hydrogen) atoms. The minimum atomic E-state index is -2.22. The van der Waals surface area contributed by atoms with E-state index in [1.807, 2.05) is 13.8 Å². The first kappa shape index (κ1) is 8.48. The molecule has 2 atom stereocenters. The highest BCUT2D eigenvalue weighted by atomic mass is 35.7. The van der Waals surface area contributed by atoms with Crippen LogP contribution in [0.4, 0.5) is 0 Å². The third kappa shape index (κ3) is 4.63. The molecule has 0 aromatic carbocycles. The lowest BCUT2D eigenvalue weighted by molar-refractivity contribution is 0.237. The van der Waals surface area contributed by atoms with Crippen LogP contribution in [0.15, 0.2) is 0 Å². The molecule has 0 aliphatic heterocycles. The molecular weight excluding hydrogens is 146 g/mol. The van der Waals surface area contributed by atoms with Gasteiger partial charge in [0.05, 0.1) is 6.10 Å². The minimum Gasteiger partial charge on any atom is -0.317 e. The van der Waals surface area contributed by atoms with Gasteiger partial charge in [-0.3, -0.25) is 4.57 Å². The fourth-order valence-corrected chi connectivity index (χ4v) is 1.18. The maximum Gasteiger partial charge on any atom is 0.279 e. The van der Waals surface area contributed by atoms with Crippen molar-refractivity contribution < 1.29 is 9.09 Å². The van der Waals surface area contributed by atoms with Crippen LogP contribution in [0.1, 0.15) is 20.3 Å². The summed E-state index contributed by atoms with van der Waals surface area (Å²) in [5, 5.41) is 0. The highest BCUT2D eigenvalue weighted by Gasteiger charge is 1.99. The van der Waals surface area contributed by atoms with E-state index < -0.39 is 7.38 Å². The molecule has 4 heteroatoms. The highest BCUT2D eigenvalue weighted by molar-refractivity contribution is 7.69. The standard InChI is InChI=1S/C4H10ClO2P/c1-3-4(2)7-8(5)6/h4,8H,3H2,1-2H3. The van der Waals surface area contributed by atoms with Gasteiger partial charge in [0.2, 0.25) is 0 Å². The average molecular weight is 157 g/mol. The smallest absolute Gasteiger partial charge is 0.279 e. The van der Waals surface area contributed by atoms with Crippen LogP contribution in [0.2, 0.25) is 0 Å². The van der Waals surface area contributed by atoms with Gasteiger partial charge < -0.3 is 4.52 Å². The van der Waals surface area contributed by atoms with Crippen LogP contribution in [-0.2, 0) is 9.09 Å². The van der Waals surface area contributed by atoms with Gasteiger partial charge in [0.1, 0.15) is 0 Å². The molecule has 0 saturated carbocycles. The second-order valence-corrected chi connectivity index (χ2v) is 3.21. The Hall–Kier alpha value is 0.480. The Morgan fingerprint density at radius 1 is 1.88 bits per heavy atom. The van der Waals surface area contributed by atoms with E-state index in [0.717, 1.165) is 6.42 Å². The van der Waals surface area contributed by atoms with E-state index in [4.69, 9.17) is 15.8 Å². The molecular formula is C4H10ClO2P. The van der Waals surface area contributed by atoms with Crippen molar-refractivity contribution in [3.63, 3.8) is 0 Å². The number of halogens is 1. The van der Waals surface area contributed by atoms with E-state index >= 15 is 0 Å². The van der Waals surface area contributed by atoms with E-state index in [1.54, 1.807) is 0 Å². The summed E-state index contributed by atoms with van der Waals surface area (Å²) in [6.07, 6.45) is 0.877. The Morgan fingerprint density at radius 3 is 2.50 bits per heavy atom. The predicted molar refractivity (Wildman–Crippen MR) is 35.7 cm³/mol. The van der Waals surface area contributed by atoms with Gasteiger partial charge in [-0.05, 0) is 24.6 Å². The quantitative estimate of drug-likeness (QED) is 0.587. The first-order valence-corrected chi connectivity index (χ1v) is 4.85. The Bertz CT molecular complexity index is 86.1. The van der Waals surface area contributed by atoms with Crippen molar-refractivity contribution in [2.75, 3.05) is 0 Å². The first-order chi connectivity index (χ1) is 3.66. The van der Waals surface area contributed by atoms with E-state index in [0.29, 0.717) is 0 Å².